The fraction of sp³-hybridized carbons (Fsp3) is 0.933. The van der Waals surface area contributed by atoms with Crippen LogP contribution in [0.15, 0.2) is 0 Å². The van der Waals surface area contributed by atoms with Crippen LogP contribution in [0.5, 0.6) is 0 Å². The van der Waals surface area contributed by atoms with Crippen molar-refractivity contribution in [3.63, 3.8) is 0 Å². The molecule has 110 valence electrons. The highest BCUT2D eigenvalue weighted by atomic mass is 79.9. The lowest BCUT2D eigenvalue weighted by atomic mass is 9.95. The zero-order valence-corrected chi connectivity index (χ0v) is 13.4. The summed E-state index contributed by atoms with van der Waals surface area (Å²) in [6.45, 7) is 2.81. The number of amides is 1. The maximum absolute atomic E-state index is 12.2. The highest BCUT2D eigenvalue weighted by molar-refractivity contribution is 9.09. The Hall–Kier alpha value is -0.0900. The Labute approximate surface area is 125 Å². The standard InChI is InChI=1S/C15H26BrNO2/c16-9-8-13-4-3-10-17(12-13)15(18)7-6-14-5-1-2-11-19-14/h13-14H,1-12H2. The Morgan fingerprint density at radius 1 is 1.21 bits per heavy atom. The highest BCUT2D eigenvalue weighted by Crippen LogP contribution is 2.22. The average Bonchev–Trinajstić information content (AvgIpc) is 2.46. The van der Waals surface area contributed by atoms with Crippen LogP contribution in [-0.4, -0.2) is 41.9 Å². The number of carbonyl (C=O) groups excluding carboxylic acids is 1. The number of hydrogen-bond donors (Lipinski definition) is 0. The molecule has 0 spiro atoms. The van der Waals surface area contributed by atoms with E-state index in [0.717, 1.165) is 37.9 Å². The fourth-order valence-corrected chi connectivity index (χ4v) is 3.81. The second kappa shape index (κ2) is 8.25. The quantitative estimate of drug-likeness (QED) is 0.723. The van der Waals surface area contributed by atoms with Gasteiger partial charge in [0.25, 0.3) is 0 Å². The van der Waals surface area contributed by atoms with Crippen molar-refractivity contribution in [1.29, 1.82) is 0 Å². The average molecular weight is 332 g/mol. The maximum Gasteiger partial charge on any atom is 0.222 e. The van der Waals surface area contributed by atoms with Gasteiger partial charge in [-0.1, -0.05) is 15.9 Å². The van der Waals surface area contributed by atoms with E-state index in [9.17, 15) is 4.79 Å². The van der Waals surface area contributed by atoms with E-state index >= 15 is 0 Å². The van der Waals surface area contributed by atoms with E-state index in [0.29, 0.717) is 24.3 Å². The Bertz CT molecular complexity index is 277. The molecule has 0 radical (unpaired) electrons. The van der Waals surface area contributed by atoms with Gasteiger partial charge in [0.2, 0.25) is 5.91 Å². The van der Waals surface area contributed by atoms with Crippen molar-refractivity contribution in [2.75, 3.05) is 25.0 Å². The largest absolute Gasteiger partial charge is 0.378 e. The minimum Gasteiger partial charge on any atom is -0.378 e. The molecule has 1 amide bonds. The number of hydrogen-bond acceptors (Lipinski definition) is 2. The van der Waals surface area contributed by atoms with Crippen LogP contribution in [0.25, 0.3) is 0 Å². The summed E-state index contributed by atoms with van der Waals surface area (Å²) in [5.41, 5.74) is 0. The molecule has 2 saturated heterocycles. The van der Waals surface area contributed by atoms with Gasteiger partial charge in [-0.25, -0.2) is 0 Å². The lowest BCUT2D eigenvalue weighted by Gasteiger charge is -2.33. The number of alkyl halides is 1. The zero-order valence-electron chi connectivity index (χ0n) is 11.8. The number of ether oxygens (including phenoxy) is 1. The third-order valence-corrected chi connectivity index (χ3v) is 4.80. The van der Waals surface area contributed by atoms with E-state index in [1.54, 1.807) is 0 Å². The molecular formula is C15H26BrNO2. The molecule has 0 aliphatic carbocycles. The van der Waals surface area contributed by atoms with E-state index in [4.69, 9.17) is 4.74 Å². The molecule has 2 aliphatic heterocycles. The topological polar surface area (TPSA) is 29.5 Å². The minimum atomic E-state index is 0.334. The molecule has 0 bridgehead atoms. The van der Waals surface area contributed by atoms with Gasteiger partial charge in [0.1, 0.15) is 0 Å². The molecule has 2 rings (SSSR count). The van der Waals surface area contributed by atoms with E-state index in [1.165, 1.54) is 32.1 Å². The first-order valence-corrected chi connectivity index (χ1v) is 8.87. The number of likely N-dealkylation sites (tertiary alicyclic amines) is 1. The van der Waals surface area contributed by atoms with Gasteiger partial charge in [0, 0.05) is 31.4 Å². The van der Waals surface area contributed by atoms with Gasteiger partial charge in [-0.2, -0.15) is 0 Å². The van der Waals surface area contributed by atoms with E-state index in [1.807, 2.05) is 0 Å². The SMILES string of the molecule is O=C(CCC1CCCCO1)N1CCCC(CCBr)C1. The first-order chi connectivity index (χ1) is 9.29. The summed E-state index contributed by atoms with van der Waals surface area (Å²) in [5.74, 6) is 1.04. The number of halogens is 1. The third kappa shape index (κ3) is 5.07. The van der Waals surface area contributed by atoms with Crippen LogP contribution in [0.2, 0.25) is 0 Å². The van der Waals surface area contributed by atoms with Crippen LogP contribution < -0.4 is 0 Å². The Morgan fingerprint density at radius 3 is 2.84 bits per heavy atom. The summed E-state index contributed by atoms with van der Waals surface area (Å²) in [4.78, 5) is 14.3. The molecule has 0 saturated carbocycles. The second-order valence-corrected chi connectivity index (χ2v) is 6.65. The van der Waals surface area contributed by atoms with Gasteiger partial charge >= 0.3 is 0 Å². The summed E-state index contributed by atoms with van der Waals surface area (Å²) in [5, 5.41) is 1.05. The van der Waals surface area contributed by atoms with Crippen molar-refractivity contribution in [3.8, 4) is 0 Å². The van der Waals surface area contributed by atoms with Gasteiger partial charge < -0.3 is 9.64 Å². The Kier molecular flexibility index (Phi) is 6.65. The predicted molar refractivity (Wildman–Crippen MR) is 80.5 cm³/mol. The molecule has 4 heteroatoms. The summed E-state index contributed by atoms with van der Waals surface area (Å²) < 4.78 is 5.70. The molecule has 2 atom stereocenters. The zero-order chi connectivity index (χ0) is 13.5. The fourth-order valence-electron chi connectivity index (χ4n) is 3.16. The maximum atomic E-state index is 12.2. The lowest BCUT2D eigenvalue weighted by molar-refractivity contribution is -0.134. The van der Waals surface area contributed by atoms with Crippen molar-refractivity contribution >= 4 is 21.8 Å². The van der Waals surface area contributed by atoms with Crippen molar-refractivity contribution < 1.29 is 9.53 Å². The van der Waals surface area contributed by atoms with Gasteiger partial charge in [0.05, 0.1) is 6.10 Å². The van der Waals surface area contributed by atoms with Crippen LogP contribution in [0.3, 0.4) is 0 Å². The molecule has 2 fully saturated rings. The Morgan fingerprint density at radius 2 is 2.11 bits per heavy atom. The van der Waals surface area contributed by atoms with Crippen LogP contribution in [0.4, 0.5) is 0 Å². The van der Waals surface area contributed by atoms with Gasteiger partial charge in [-0.05, 0) is 50.9 Å². The van der Waals surface area contributed by atoms with Crippen LogP contribution in [0, 0.1) is 5.92 Å². The molecule has 19 heavy (non-hydrogen) atoms. The first-order valence-electron chi connectivity index (χ1n) is 7.75. The third-order valence-electron chi connectivity index (χ3n) is 4.34. The molecule has 2 aliphatic rings. The summed E-state index contributed by atoms with van der Waals surface area (Å²) >= 11 is 3.50. The molecule has 3 nitrogen and oxygen atoms in total. The molecule has 0 aromatic rings. The number of piperidine rings is 1. The minimum absolute atomic E-state index is 0.334. The summed E-state index contributed by atoms with van der Waals surface area (Å²) in [7, 11) is 0. The van der Waals surface area contributed by atoms with Crippen LogP contribution in [-0.2, 0) is 9.53 Å². The van der Waals surface area contributed by atoms with Crippen molar-refractivity contribution in [3.05, 3.63) is 0 Å². The second-order valence-electron chi connectivity index (χ2n) is 5.85. The highest BCUT2D eigenvalue weighted by Gasteiger charge is 2.24. The number of rotatable bonds is 5. The van der Waals surface area contributed by atoms with Crippen molar-refractivity contribution in [2.24, 2.45) is 5.92 Å². The van der Waals surface area contributed by atoms with Crippen molar-refractivity contribution in [1.82, 2.24) is 4.90 Å². The number of nitrogens with zero attached hydrogens (tertiary/aromatic N) is 1. The van der Waals surface area contributed by atoms with Crippen molar-refractivity contribution in [2.45, 2.75) is 57.5 Å². The molecular weight excluding hydrogens is 306 g/mol. The van der Waals surface area contributed by atoms with Gasteiger partial charge in [0.15, 0.2) is 0 Å². The van der Waals surface area contributed by atoms with E-state index < -0.39 is 0 Å². The van der Waals surface area contributed by atoms with Gasteiger partial charge in [-0.15, -0.1) is 0 Å². The van der Waals surface area contributed by atoms with Gasteiger partial charge in [-0.3, -0.25) is 4.79 Å². The monoisotopic (exact) mass is 331 g/mol. The van der Waals surface area contributed by atoms with Crippen LogP contribution in [0.1, 0.15) is 51.4 Å². The number of carbonyl (C=O) groups is 1. The molecule has 2 unspecified atom stereocenters. The van der Waals surface area contributed by atoms with E-state index in [-0.39, 0.29) is 0 Å². The normalized spacial score (nSPS) is 28.4. The molecule has 0 aromatic heterocycles. The van der Waals surface area contributed by atoms with E-state index in [2.05, 4.69) is 20.8 Å². The summed E-state index contributed by atoms with van der Waals surface area (Å²) in [6, 6.07) is 0. The lowest BCUT2D eigenvalue weighted by Crippen LogP contribution is -2.40. The molecule has 0 N–H and O–H groups in total. The molecule has 0 aromatic carbocycles. The summed E-state index contributed by atoms with van der Waals surface area (Å²) in [6.07, 6.45) is 9.14. The first kappa shape index (κ1) is 15.3. The van der Waals surface area contributed by atoms with Crippen LogP contribution >= 0.6 is 15.9 Å². The Balaban J connectivity index is 1.69. The smallest absolute Gasteiger partial charge is 0.222 e. The predicted octanol–water partition coefficient (Wildman–Crippen LogP) is 3.36. The molecule has 2 heterocycles.